The number of ether oxygens (including phenoxy) is 1. The maximum atomic E-state index is 12.9. The van der Waals surface area contributed by atoms with Gasteiger partial charge in [0, 0.05) is 70.1 Å². The van der Waals surface area contributed by atoms with Crippen LogP contribution in [0.25, 0.3) is 22.0 Å². The molecule has 2 saturated heterocycles. The summed E-state index contributed by atoms with van der Waals surface area (Å²) in [5, 5.41) is 10.2. The molecule has 2 amide bonds. The Hall–Kier alpha value is -2.98. The normalized spacial score (nSPS) is 18.8. The minimum atomic E-state index is -0.184. The highest BCUT2D eigenvalue weighted by Crippen LogP contribution is 2.36. The Morgan fingerprint density at radius 1 is 1.11 bits per heavy atom. The van der Waals surface area contributed by atoms with Gasteiger partial charge in [0.2, 0.25) is 0 Å². The lowest BCUT2D eigenvalue weighted by Gasteiger charge is -2.32. The van der Waals surface area contributed by atoms with Crippen LogP contribution in [-0.2, 0) is 4.74 Å². The van der Waals surface area contributed by atoms with Gasteiger partial charge in [-0.15, -0.1) is 0 Å². The number of benzene rings is 2. The predicted molar refractivity (Wildman–Crippen MR) is 158 cm³/mol. The SMILES string of the molecule is CNC(=S)c1ccccc1-c1ccc2c(NC(=O)NCCN3CCN(C)CC3)cn(C3CCCCO3)c2c1. The van der Waals surface area contributed by atoms with E-state index >= 15 is 0 Å². The number of hydrogen-bond acceptors (Lipinski definition) is 5. The van der Waals surface area contributed by atoms with Gasteiger partial charge in [0.1, 0.15) is 11.2 Å². The number of carbonyl (C=O) groups is 1. The topological polar surface area (TPSA) is 73.8 Å². The van der Waals surface area contributed by atoms with Crippen LogP contribution in [0, 0.1) is 0 Å². The summed E-state index contributed by atoms with van der Waals surface area (Å²) in [6, 6.07) is 14.4. The van der Waals surface area contributed by atoms with Gasteiger partial charge in [-0.3, -0.25) is 4.90 Å². The van der Waals surface area contributed by atoms with E-state index in [2.05, 4.69) is 61.6 Å². The van der Waals surface area contributed by atoms with Crippen molar-refractivity contribution in [3.63, 3.8) is 0 Å². The van der Waals surface area contributed by atoms with Crippen LogP contribution in [0.15, 0.2) is 48.7 Å². The number of piperazine rings is 1. The molecule has 5 rings (SSSR count). The number of aromatic nitrogens is 1. The van der Waals surface area contributed by atoms with E-state index < -0.39 is 0 Å². The van der Waals surface area contributed by atoms with E-state index in [0.29, 0.717) is 11.5 Å². The molecule has 0 spiro atoms. The molecule has 1 aromatic heterocycles. The number of likely N-dealkylation sites (N-methyl/N-ethyl adjacent to an activating group) is 1. The quantitative estimate of drug-likeness (QED) is 0.393. The van der Waals surface area contributed by atoms with Gasteiger partial charge in [-0.2, -0.15) is 0 Å². The minimum Gasteiger partial charge on any atom is -0.379 e. The molecule has 8 nitrogen and oxygen atoms in total. The molecule has 2 aromatic carbocycles. The monoisotopic (exact) mass is 534 g/mol. The lowest BCUT2D eigenvalue weighted by Crippen LogP contribution is -2.47. The number of amides is 2. The Bertz CT molecular complexity index is 1280. The fraction of sp³-hybridized carbons (Fsp3) is 0.448. The summed E-state index contributed by atoms with van der Waals surface area (Å²) in [4.78, 5) is 18.3. The molecule has 1 atom stereocenters. The van der Waals surface area contributed by atoms with Crippen LogP contribution in [0.4, 0.5) is 10.5 Å². The Morgan fingerprint density at radius 3 is 2.68 bits per heavy atom. The number of carbonyl (C=O) groups excluding carboxylic acids is 1. The number of thiocarbonyl (C=S) groups is 1. The third kappa shape index (κ3) is 6.02. The van der Waals surface area contributed by atoms with Gasteiger partial charge in [0.25, 0.3) is 0 Å². The van der Waals surface area contributed by atoms with E-state index in [4.69, 9.17) is 17.0 Å². The molecule has 9 heteroatoms. The van der Waals surface area contributed by atoms with Gasteiger partial charge in [0.05, 0.1) is 11.2 Å². The average Bonchev–Trinajstić information content (AvgIpc) is 3.31. The highest BCUT2D eigenvalue weighted by atomic mass is 32.1. The zero-order valence-corrected chi connectivity index (χ0v) is 23.2. The van der Waals surface area contributed by atoms with Crippen molar-refractivity contribution in [3.8, 4) is 11.1 Å². The van der Waals surface area contributed by atoms with Crippen LogP contribution in [0.5, 0.6) is 0 Å². The van der Waals surface area contributed by atoms with E-state index in [1.807, 2.05) is 31.4 Å². The minimum absolute atomic E-state index is 0.0500. The summed E-state index contributed by atoms with van der Waals surface area (Å²) in [5.41, 5.74) is 4.96. The molecule has 0 bridgehead atoms. The summed E-state index contributed by atoms with van der Waals surface area (Å²) >= 11 is 5.57. The molecule has 38 heavy (non-hydrogen) atoms. The van der Waals surface area contributed by atoms with E-state index in [0.717, 1.165) is 91.9 Å². The zero-order chi connectivity index (χ0) is 26.5. The highest BCUT2D eigenvalue weighted by molar-refractivity contribution is 7.80. The first-order chi connectivity index (χ1) is 18.5. The third-order valence-corrected chi connectivity index (χ3v) is 7.99. The molecule has 1 unspecified atom stereocenters. The summed E-state index contributed by atoms with van der Waals surface area (Å²) in [7, 11) is 4.00. The average molecular weight is 535 g/mol. The molecule has 2 fully saturated rings. The Balaban J connectivity index is 1.38. The Kier molecular flexibility index (Phi) is 8.58. The number of urea groups is 1. The fourth-order valence-electron chi connectivity index (χ4n) is 5.33. The molecule has 2 aliphatic heterocycles. The summed E-state index contributed by atoms with van der Waals surface area (Å²) in [6.07, 6.45) is 5.13. The van der Waals surface area contributed by atoms with Gasteiger partial charge in [0.15, 0.2) is 0 Å². The predicted octanol–water partition coefficient (Wildman–Crippen LogP) is 4.27. The maximum absolute atomic E-state index is 12.9. The summed E-state index contributed by atoms with van der Waals surface area (Å²) in [5.74, 6) is 0. The molecule has 3 aromatic rings. The summed E-state index contributed by atoms with van der Waals surface area (Å²) < 4.78 is 8.33. The Labute approximate surface area is 230 Å². The maximum Gasteiger partial charge on any atom is 0.319 e. The van der Waals surface area contributed by atoms with E-state index in [9.17, 15) is 4.79 Å². The number of anilines is 1. The lowest BCUT2D eigenvalue weighted by atomic mass is 9.98. The first-order valence-corrected chi connectivity index (χ1v) is 14.0. The van der Waals surface area contributed by atoms with Gasteiger partial charge < -0.3 is 30.2 Å². The Morgan fingerprint density at radius 2 is 1.92 bits per heavy atom. The molecular formula is C29H38N6O2S. The van der Waals surface area contributed by atoms with Crippen LogP contribution in [0.3, 0.4) is 0 Å². The van der Waals surface area contributed by atoms with Crippen LogP contribution in [0.1, 0.15) is 31.1 Å². The lowest BCUT2D eigenvalue weighted by molar-refractivity contribution is -0.0291. The van der Waals surface area contributed by atoms with E-state index in [1.165, 1.54) is 0 Å². The van der Waals surface area contributed by atoms with Crippen molar-refractivity contribution in [2.45, 2.75) is 25.5 Å². The van der Waals surface area contributed by atoms with Gasteiger partial charge in [-0.05, 0) is 43.5 Å². The second kappa shape index (κ2) is 12.3. The van der Waals surface area contributed by atoms with Crippen molar-refractivity contribution in [2.75, 3.05) is 65.3 Å². The van der Waals surface area contributed by atoms with Crippen LogP contribution in [0.2, 0.25) is 0 Å². The number of nitrogens with one attached hydrogen (secondary N) is 3. The summed E-state index contributed by atoms with van der Waals surface area (Å²) in [6.45, 7) is 6.45. The molecular weight excluding hydrogens is 496 g/mol. The van der Waals surface area contributed by atoms with Crippen molar-refractivity contribution >= 4 is 39.8 Å². The van der Waals surface area contributed by atoms with Crippen molar-refractivity contribution in [1.29, 1.82) is 0 Å². The molecule has 0 aliphatic carbocycles. The van der Waals surface area contributed by atoms with Gasteiger partial charge in [-0.25, -0.2) is 4.79 Å². The number of nitrogens with zero attached hydrogens (tertiary/aromatic N) is 3. The first-order valence-electron chi connectivity index (χ1n) is 13.6. The largest absolute Gasteiger partial charge is 0.379 e. The van der Waals surface area contributed by atoms with Crippen molar-refractivity contribution in [3.05, 3.63) is 54.2 Å². The van der Waals surface area contributed by atoms with Crippen molar-refractivity contribution in [2.24, 2.45) is 0 Å². The number of fused-ring (bicyclic) bond motifs is 1. The van der Waals surface area contributed by atoms with Gasteiger partial charge in [-0.1, -0.05) is 48.6 Å². The molecule has 202 valence electrons. The molecule has 3 heterocycles. The fourth-order valence-corrected chi connectivity index (χ4v) is 5.51. The smallest absolute Gasteiger partial charge is 0.319 e. The first kappa shape index (κ1) is 26.6. The van der Waals surface area contributed by atoms with Crippen LogP contribution in [-0.4, -0.2) is 85.4 Å². The van der Waals surface area contributed by atoms with Gasteiger partial charge >= 0.3 is 6.03 Å². The molecule has 0 saturated carbocycles. The molecule has 0 radical (unpaired) electrons. The van der Waals surface area contributed by atoms with E-state index in [-0.39, 0.29) is 12.3 Å². The second-order valence-corrected chi connectivity index (χ2v) is 10.6. The van der Waals surface area contributed by atoms with Crippen LogP contribution >= 0.6 is 12.2 Å². The van der Waals surface area contributed by atoms with E-state index in [1.54, 1.807) is 0 Å². The molecule has 3 N–H and O–H groups in total. The number of hydrogen-bond donors (Lipinski definition) is 3. The van der Waals surface area contributed by atoms with Crippen LogP contribution < -0.4 is 16.0 Å². The second-order valence-electron chi connectivity index (χ2n) is 10.2. The highest BCUT2D eigenvalue weighted by Gasteiger charge is 2.21. The number of rotatable bonds is 7. The standard InChI is InChI=1S/C29H38N6O2S/c1-30-28(38)23-8-4-3-7-22(23)21-10-11-24-25(20-35(26(24)19-21)27-9-5-6-18-37-27)32-29(36)31-12-13-34-16-14-33(2)15-17-34/h3-4,7-8,10-11,19-20,27H,5-6,9,12-18H2,1-2H3,(H,30,38)(H2,31,32,36). The zero-order valence-electron chi connectivity index (χ0n) is 22.3. The molecule has 2 aliphatic rings. The van der Waals surface area contributed by atoms with Crippen molar-refractivity contribution in [1.82, 2.24) is 25.0 Å². The van der Waals surface area contributed by atoms with Crippen molar-refractivity contribution < 1.29 is 9.53 Å². The third-order valence-electron chi connectivity index (χ3n) is 7.57.